The fraction of sp³-hybridized carbons (Fsp3) is 0.500. The van der Waals surface area contributed by atoms with Crippen LogP contribution in [0.15, 0.2) is 22.6 Å². The summed E-state index contributed by atoms with van der Waals surface area (Å²) >= 11 is 0. The van der Waals surface area contributed by atoms with Crippen LogP contribution >= 0.6 is 0 Å². The molecule has 0 aliphatic heterocycles. The van der Waals surface area contributed by atoms with Crippen molar-refractivity contribution in [1.29, 1.82) is 0 Å². The van der Waals surface area contributed by atoms with Crippen molar-refractivity contribution in [2.24, 2.45) is 5.92 Å². The summed E-state index contributed by atoms with van der Waals surface area (Å²) in [6.45, 7) is 2.67. The van der Waals surface area contributed by atoms with Gasteiger partial charge in [-0.1, -0.05) is 19.3 Å². The van der Waals surface area contributed by atoms with Crippen LogP contribution in [0, 0.1) is 12.8 Å². The number of fused-ring (bicyclic) bond motifs is 1. The minimum atomic E-state index is -0.113. The minimum absolute atomic E-state index is 0.113. The average molecular weight is 301 g/mol. The zero-order chi connectivity index (χ0) is 15.5. The molecule has 1 aliphatic rings. The number of carbonyl (C=O) groups is 1. The molecule has 3 rings (SSSR count). The van der Waals surface area contributed by atoms with E-state index in [-0.39, 0.29) is 5.91 Å². The highest BCUT2D eigenvalue weighted by Crippen LogP contribution is 2.29. The molecule has 4 nitrogen and oxygen atoms in total. The Morgan fingerprint density at radius 1 is 1.32 bits per heavy atom. The Balaban J connectivity index is 1.74. The lowest BCUT2D eigenvalue weighted by Crippen LogP contribution is -2.30. The summed E-state index contributed by atoms with van der Waals surface area (Å²) in [5.74, 6) is 1.69. The van der Waals surface area contributed by atoms with Crippen molar-refractivity contribution >= 4 is 16.9 Å². The molecule has 4 heteroatoms. The minimum Gasteiger partial charge on any atom is -0.497 e. The number of ether oxygens (including phenoxy) is 1. The molecule has 1 amide bonds. The highest BCUT2D eigenvalue weighted by Gasteiger charge is 2.20. The maximum absolute atomic E-state index is 12.4. The Morgan fingerprint density at radius 2 is 2.09 bits per heavy atom. The van der Waals surface area contributed by atoms with Crippen LogP contribution in [0.5, 0.6) is 5.75 Å². The van der Waals surface area contributed by atoms with E-state index in [0.29, 0.717) is 11.7 Å². The molecule has 1 aromatic heterocycles. The number of amides is 1. The largest absolute Gasteiger partial charge is 0.497 e. The lowest BCUT2D eigenvalue weighted by Gasteiger charge is -2.21. The van der Waals surface area contributed by atoms with Gasteiger partial charge in [0.2, 0.25) is 0 Å². The molecule has 0 radical (unpaired) electrons. The summed E-state index contributed by atoms with van der Waals surface area (Å²) in [6, 6.07) is 5.60. The number of rotatable bonds is 4. The van der Waals surface area contributed by atoms with Crippen molar-refractivity contribution < 1.29 is 13.9 Å². The number of hydrogen-bond acceptors (Lipinski definition) is 3. The van der Waals surface area contributed by atoms with Crippen molar-refractivity contribution in [3.8, 4) is 5.75 Å². The van der Waals surface area contributed by atoms with Gasteiger partial charge in [-0.2, -0.15) is 0 Å². The number of carbonyl (C=O) groups excluding carboxylic acids is 1. The van der Waals surface area contributed by atoms with Crippen molar-refractivity contribution in [3.05, 3.63) is 29.5 Å². The maximum atomic E-state index is 12.4. The topological polar surface area (TPSA) is 51.5 Å². The second kappa shape index (κ2) is 6.42. The van der Waals surface area contributed by atoms with Gasteiger partial charge in [0, 0.05) is 17.5 Å². The van der Waals surface area contributed by atoms with E-state index >= 15 is 0 Å². The fourth-order valence-electron chi connectivity index (χ4n) is 3.25. The van der Waals surface area contributed by atoms with Gasteiger partial charge in [-0.05, 0) is 43.9 Å². The van der Waals surface area contributed by atoms with Gasteiger partial charge in [-0.25, -0.2) is 0 Å². The second-order valence-electron chi connectivity index (χ2n) is 6.13. The Labute approximate surface area is 130 Å². The van der Waals surface area contributed by atoms with Crippen LogP contribution in [0.2, 0.25) is 0 Å². The first-order valence-electron chi connectivity index (χ1n) is 8.04. The summed E-state index contributed by atoms with van der Waals surface area (Å²) in [6.07, 6.45) is 6.33. The predicted molar refractivity (Wildman–Crippen MR) is 86.4 cm³/mol. The highest BCUT2D eigenvalue weighted by atomic mass is 16.5. The lowest BCUT2D eigenvalue weighted by atomic mass is 9.89. The first kappa shape index (κ1) is 14.9. The SMILES string of the molecule is COc1ccc2oc(C(=O)NCC3CCCCC3)c(C)c2c1. The third-order valence-electron chi connectivity index (χ3n) is 4.63. The average Bonchev–Trinajstić information content (AvgIpc) is 2.90. The van der Waals surface area contributed by atoms with Gasteiger partial charge in [0.25, 0.3) is 5.91 Å². The summed E-state index contributed by atoms with van der Waals surface area (Å²) in [5, 5.41) is 3.97. The Bertz CT molecular complexity index is 668. The molecule has 0 saturated heterocycles. The molecule has 0 atom stereocenters. The first-order valence-corrected chi connectivity index (χ1v) is 8.04. The van der Waals surface area contributed by atoms with Crippen LogP contribution in [-0.4, -0.2) is 19.6 Å². The smallest absolute Gasteiger partial charge is 0.287 e. The molecule has 22 heavy (non-hydrogen) atoms. The molecule has 1 saturated carbocycles. The van der Waals surface area contributed by atoms with Crippen molar-refractivity contribution in [2.45, 2.75) is 39.0 Å². The summed E-state index contributed by atoms with van der Waals surface area (Å²) in [7, 11) is 1.63. The van der Waals surface area contributed by atoms with E-state index in [4.69, 9.17) is 9.15 Å². The molecule has 1 N–H and O–H groups in total. The monoisotopic (exact) mass is 301 g/mol. The Hall–Kier alpha value is -1.97. The maximum Gasteiger partial charge on any atom is 0.287 e. The van der Waals surface area contributed by atoms with E-state index in [9.17, 15) is 4.79 Å². The van der Waals surface area contributed by atoms with E-state index in [1.807, 2.05) is 25.1 Å². The molecule has 118 valence electrons. The van der Waals surface area contributed by atoms with Crippen LogP contribution < -0.4 is 10.1 Å². The van der Waals surface area contributed by atoms with Crippen molar-refractivity contribution in [3.63, 3.8) is 0 Å². The van der Waals surface area contributed by atoms with E-state index in [1.165, 1.54) is 32.1 Å². The summed E-state index contributed by atoms with van der Waals surface area (Å²) in [4.78, 5) is 12.4. The van der Waals surface area contributed by atoms with E-state index < -0.39 is 0 Å². The molecular formula is C18H23NO3. The lowest BCUT2D eigenvalue weighted by molar-refractivity contribution is 0.0917. The van der Waals surface area contributed by atoms with E-state index in [0.717, 1.165) is 28.8 Å². The molecule has 1 aliphatic carbocycles. The molecule has 1 aromatic carbocycles. The van der Waals surface area contributed by atoms with Gasteiger partial charge in [0.15, 0.2) is 5.76 Å². The van der Waals surface area contributed by atoms with Gasteiger partial charge in [0.1, 0.15) is 11.3 Å². The van der Waals surface area contributed by atoms with Crippen LogP contribution in [-0.2, 0) is 0 Å². The van der Waals surface area contributed by atoms with Crippen LogP contribution in [0.25, 0.3) is 11.0 Å². The number of nitrogens with one attached hydrogen (secondary N) is 1. The molecule has 0 bridgehead atoms. The van der Waals surface area contributed by atoms with Gasteiger partial charge >= 0.3 is 0 Å². The van der Waals surface area contributed by atoms with Gasteiger partial charge in [0.05, 0.1) is 7.11 Å². The normalized spacial score (nSPS) is 15.9. The number of furan rings is 1. The standard InChI is InChI=1S/C18H23NO3/c1-12-15-10-14(21-2)8-9-16(15)22-17(12)18(20)19-11-13-6-4-3-5-7-13/h8-10,13H,3-7,11H2,1-2H3,(H,19,20). The van der Waals surface area contributed by atoms with Gasteiger partial charge < -0.3 is 14.5 Å². The van der Waals surface area contributed by atoms with Crippen LogP contribution in [0.3, 0.4) is 0 Å². The van der Waals surface area contributed by atoms with Crippen molar-refractivity contribution in [2.75, 3.05) is 13.7 Å². The second-order valence-corrected chi connectivity index (χ2v) is 6.13. The Kier molecular flexibility index (Phi) is 4.36. The highest BCUT2D eigenvalue weighted by molar-refractivity contribution is 5.99. The zero-order valence-corrected chi connectivity index (χ0v) is 13.3. The van der Waals surface area contributed by atoms with Gasteiger partial charge in [-0.3, -0.25) is 4.79 Å². The van der Waals surface area contributed by atoms with Crippen molar-refractivity contribution in [1.82, 2.24) is 5.32 Å². The number of methoxy groups -OCH3 is 1. The molecule has 1 fully saturated rings. The quantitative estimate of drug-likeness (QED) is 0.926. The van der Waals surface area contributed by atoms with Gasteiger partial charge in [-0.15, -0.1) is 0 Å². The van der Waals surface area contributed by atoms with Crippen LogP contribution in [0.1, 0.15) is 48.2 Å². The zero-order valence-electron chi connectivity index (χ0n) is 13.3. The predicted octanol–water partition coefficient (Wildman–Crippen LogP) is 4.06. The molecule has 1 heterocycles. The van der Waals surface area contributed by atoms with E-state index in [2.05, 4.69) is 5.32 Å². The molecule has 0 unspecified atom stereocenters. The number of benzene rings is 1. The summed E-state index contributed by atoms with van der Waals surface area (Å²) in [5.41, 5.74) is 1.59. The fourth-order valence-corrected chi connectivity index (χ4v) is 3.25. The molecular weight excluding hydrogens is 278 g/mol. The Morgan fingerprint density at radius 3 is 2.82 bits per heavy atom. The van der Waals surface area contributed by atoms with E-state index in [1.54, 1.807) is 7.11 Å². The number of aryl methyl sites for hydroxylation is 1. The third-order valence-corrected chi connectivity index (χ3v) is 4.63. The number of hydrogen-bond donors (Lipinski definition) is 1. The van der Waals surface area contributed by atoms with Crippen LogP contribution in [0.4, 0.5) is 0 Å². The molecule has 2 aromatic rings. The summed E-state index contributed by atoms with van der Waals surface area (Å²) < 4.78 is 11.0. The first-order chi connectivity index (χ1) is 10.7. The molecule has 0 spiro atoms. The third kappa shape index (κ3) is 2.96.